The maximum Gasteiger partial charge on any atom is 0.264 e. The number of hydrogen-bond acceptors (Lipinski definition) is 5. The maximum absolute atomic E-state index is 14.7. The first-order valence-corrected chi connectivity index (χ1v) is 18.2. The lowest BCUT2D eigenvalue weighted by Crippen LogP contribution is -2.54. The van der Waals surface area contributed by atoms with Gasteiger partial charge in [0.2, 0.25) is 11.8 Å². The molecule has 0 aliphatic heterocycles. The van der Waals surface area contributed by atoms with Gasteiger partial charge in [0.05, 0.1) is 10.6 Å². The molecule has 50 heavy (non-hydrogen) atoms. The van der Waals surface area contributed by atoms with Crippen LogP contribution in [-0.2, 0) is 32.6 Å². The molecule has 0 aromatic heterocycles. The number of sulfonamides is 1. The fourth-order valence-electron chi connectivity index (χ4n) is 5.52. The standard InChI is InChI=1S/C41H43N3O5S/c1-4-32(3)42-41(46)39(28-33-17-8-5-9-18-33)43(29-34-19-15-14-16-31(34)2)40(45)30-44(50(47,48)38-22-12-7-13-23-38)35-24-26-37(27-25-35)49-36-20-10-6-11-21-36/h5-27,32,39H,4,28-30H2,1-3H3,(H,42,46)/t32-,39+/m0/s1. The van der Waals surface area contributed by atoms with Crippen LogP contribution in [0.25, 0.3) is 0 Å². The molecular weight excluding hydrogens is 647 g/mol. The summed E-state index contributed by atoms with van der Waals surface area (Å²) in [5, 5.41) is 3.07. The van der Waals surface area contributed by atoms with Crippen molar-refractivity contribution in [1.82, 2.24) is 10.2 Å². The second-order valence-electron chi connectivity index (χ2n) is 12.2. The lowest BCUT2D eigenvalue weighted by molar-refractivity contribution is -0.140. The number of ether oxygens (including phenoxy) is 1. The van der Waals surface area contributed by atoms with Crippen molar-refractivity contribution in [2.24, 2.45) is 0 Å². The van der Waals surface area contributed by atoms with Crippen LogP contribution >= 0.6 is 0 Å². The highest BCUT2D eigenvalue weighted by molar-refractivity contribution is 7.92. The van der Waals surface area contributed by atoms with Gasteiger partial charge in [-0.3, -0.25) is 13.9 Å². The molecule has 0 aliphatic rings. The van der Waals surface area contributed by atoms with Gasteiger partial charge in [-0.15, -0.1) is 0 Å². The van der Waals surface area contributed by atoms with Crippen LogP contribution in [0.2, 0.25) is 0 Å². The minimum Gasteiger partial charge on any atom is -0.457 e. The zero-order valence-corrected chi connectivity index (χ0v) is 29.4. The maximum atomic E-state index is 14.7. The van der Waals surface area contributed by atoms with E-state index in [4.69, 9.17) is 4.74 Å². The normalized spacial score (nSPS) is 12.4. The van der Waals surface area contributed by atoms with E-state index in [1.54, 1.807) is 42.5 Å². The van der Waals surface area contributed by atoms with Crippen molar-refractivity contribution in [3.63, 3.8) is 0 Å². The third-order valence-corrected chi connectivity index (χ3v) is 10.4. The van der Waals surface area contributed by atoms with Crippen LogP contribution in [0.4, 0.5) is 5.69 Å². The first kappa shape index (κ1) is 35.9. The molecule has 0 saturated carbocycles. The third-order valence-electron chi connectivity index (χ3n) is 8.59. The average Bonchev–Trinajstić information content (AvgIpc) is 3.14. The minimum atomic E-state index is -4.22. The van der Waals surface area contributed by atoms with E-state index in [9.17, 15) is 18.0 Å². The first-order valence-electron chi connectivity index (χ1n) is 16.7. The van der Waals surface area contributed by atoms with Crippen molar-refractivity contribution in [1.29, 1.82) is 0 Å². The smallest absolute Gasteiger partial charge is 0.264 e. The number of amides is 2. The predicted molar refractivity (Wildman–Crippen MR) is 197 cm³/mol. The van der Waals surface area contributed by atoms with Gasteiger partial charge in [-0.2, -0.15) is 0 Å². The van der Waals surface area contributed by atoms with Crippen LogP contribution in [-0.4, -0.2) is 43.8 Å². The molecule has 1 N–H and O–H groups in total. The molecular formula is C41H43N3O5S. The summed E-state index contributed by atoms with van der Waals surface area (Å²) in [4.78, 5) is 30.3. The zero-order chi connectivity index (χ0) is 35.5. The molecule has 0 heterocycles. The molecule has 5 rings (SSSR count). The largest absolute Gasteiger partial charge is 0.457 e. The van der Waals surface area contributed by atoms with Gasteiger partial charge >= 0.3 is 0 Å². The van der Waals surface area contributed by atoms with Crippen LogP contribution in [0.3, 0.4) is 0 Å². The summed E-state index contributed by atoms with van der Waals surface area (Å²) in [6.45, 7) is 5.43. The van der Waals surface area contributed by atoms with Gasteiger partial charge in [0, 0.05) is 19.0 Å². The molecule has 9 heteroatoms. The van der Waals surface area contributed by atoms with Crippen LogP contribution in [0.1, 0.15) is 37.0 Å². The van der Waals surface area contributed by atoms with Gasteiger partial charge in [-0.1, -0.05) is 97.9 Å². The Kier molecular flexibility index (Phi) is 12.1. The molecule has 2 atom stereocenters. The Balaban J connectivity index is 1.56. The number of anilines is 1. The quantitative estimate of drug-likeness (QED) is 0.123. The Morgan fingerprint density at radius 2 is 1.30 bits per heavy atom. The number of para-hydroxylation sites is 1. The second kappa shape index (κ2) is 16.8. The van der Waals surface area contributed by atoms with Crippen molar-refractivity contribution in [3.8, 4) is 11.5 Å². The molecule has 8 nitrogen and oxygen atoms in total. The number of carbonyl (C=O) groups excluding carboxylic acids is 2. The van der Waals surface area contributed by atoms with Gasteiger partial charge in [0.25, 0.3) is 10.0 Å². The Hall–Kier alpha value is -5.41. The van der Waals surface area contributed by atoms with E-state index in [1.807, 2.05) is 106 Å². The van der Waals surface area contributed by atoms with E-state index in [-0.39, 0.29) is 35.5 Å². The summed E-state index contributed by atoms with van der Waals surface area (Å²) in [6.07, 6.45) is 0.959. The average molecular weight is 690 g/mol. The highest BCUT2D eigenvalue weighted by Crippen LogP contribution is 2.29. The van der Waals surface area contributed by atoms with Gasteiger partial charge in [-0.05, 0) is 85.5 Å². The summed E-state index contributed by atoms with van der Waals surface area (Å²) in [5.41, 5.74) is 2.97. The Morgan fingerprint density at radius 3 is 1.92 bits per heavy atom. The number of rotatable bonds is 15. The fourth-order valence-corrected chi connectivity index (χ4v) is 6.95. The van der Waals surface area contributed by atoms with Gasteiger partial charge in [-0.25, -0.2) is 8.42 Å². The first-order chi connectivity index (χ1) is 24.2. The zero-order valence-electron chi connectivity index (χ0n) is 28.6. The highest BCUT2D eigenvalue weighted by atomic mass is 32.2. The van der Waals surface area contributed by atoms with Crippen molar-refractivity contribution in [2.75, 3.05) is 10.8 Å². The molecule has 0 radical (unpaired) electrons. The van der Waals surface area contributed by atoms with E-state index in [0.717, 1.165) is 21.0 Å². The monoisotopic (exact) mass is 689 g/mol. The molecule has 0 saturated heterocycles. The number of carbonyl (C=O) groups is 2. The SMILES string of the molecule is CC[C@H](C)NC(=O)[C@@H](Cc1ccccc1)N(Cc1ccccc1C)C(=O)CN(c1ccc(Oc2ccccc2)cc1)S(=O)(=O)c1ccccc1. The van der Waals surface area contributed by atoms with Crippen molar-refractivity contribution in [2.45, 2.75) is 57.1 Å². The molecule has 0 spiro atoms. The van der Waals surface area contributed by atoms with Crippen LogP contribution < -0.4 is 14.4 Å². The van der Waals surface area contributed by atoms with Gasteiger partial charge in [0.1, 0.15) is 24.1 Å². The number of nitrogens with one attached hydrogen (secondary N) is 1. The van der Waals surface area contributed by atoms with E-state index < -0.39 is 28.5 Å². The molecule has 0 bridgehead atoms. The highest BCUT2D eigenvalue weighted by Gasteiger charge is 2.35. The van der Waals surface area contributed by atoms with Crippen molar-refractivity contribution < 1.29 is 22.7 Å². The molecule has 258 valence electrons. The topological polar surface area (TPSA) is 96.0 Å². The summed E-state index contributed by atoms with van der Waals surface area (Å²) in [7, 11) is -4.22. The summed E-state index contributed by atoms with van der Waals surface area (Å²) < 4.78 is 35.7. The van der Waals surface area contributed by atoms with E-state index in [1.165, 1.54) is 17.0 Å². The second-order valence-corrected chi connectivity index (χ2v) is 14.1. The van der Waals surface area contributed by atoms with Crippen LogP contribution in [0, 0.1) is 6.92 Å². The molecule has 0 fully saturated rings. The lowest BCUT2D eigenvalue weighted by atomic mass is 10.0. The summed E-state index contributed by atoms with van der Waals surface area (Å²) in [6, 6.07) is 40.0. The Bertz CT molecular complexity index is 1950. The van der Waals surface area contributed by atoms with Crippen molar-refractivity contribution in [3.05, 3.63) is 156 Å². The predicted octanol–water partition coefficient (Wildman–Crippen LogP) is 7.54. The molecule has 0 unspecified atom stereocenters. The molecule has 0 aliphatic carbocycles. The number of nitrogens with zero attached hydrogens (tertiary/aromatic N) is 2. The number of aryl methyl sites for hydroxylation is 1. The van der Waals surface area contributed by atoms with E-state index in [0.29, 0.717) is 17.9 Å². The van der Waals surface area contributed by atoms with Crippen LogP contribution in [0.15, 0.2) is 144 Å². The molecule has 5 aromatic carbocycles. The minimum absolute atomic E-state index is 0.0400. The van der Waals surface area contributed by atoms with Gasteiger partial charge in [0.15, 0.2) is 0 Å². The molecule has 5 aromatic rings. The Morgan fingerprint density at radius 1 is 0.740 bits per heavy atom. The number of benzene rings is 5. The van der Waals surface area contributed by atoms with E-state index in [2.05, 4.69) is 5.32 Å². The van der Waals surface area contributed by atoms with Crippen LogP contribution in [0.5, 0.6) is 11.5 Å². The summed E-state index contributed by atoms with van der Waals surface area (Å²) in [5.74, 6) is 0.327. The fraction of sp³-hybridized carbons (Fsp3) is 0.220. The van der Waals surface area contributed by atoms with Crippen molar-refractivity contribution >= 4 is 27.5 Å². The van der Waals surface area contributed by atoms with E-state index >= 15 is 0 Å². The summed E-state index contributed by atoms with van der Waals surface area (Å²) >= 11 is 0. The Labute approximate surface area is 295 Å². The molecule has 2 amide bonds. The number of hydrogen-bond donors (Lipinski definition) is 1. The van der Waals surface area contributed by atoms with Gasteiger partial charge < -0.3 is 15.0 Å². The third kappa shape index (κ3) is 9.18. The lowest BCUT2D eigenvalue weighted by Gasteiger charge is -2.34.